The summed E-state index contributed by atoms with van der Waals surface area (Å²) in [6, 6.07) is 8.47. The summed E-state index contributed by atoms with van der Waals surface area (Å²) in [5.74, 6) is 1.53. The first kappa shape index (κ1) is 13.3. The molecule has 1 spiro atoms. The highest BCUT2D eigenvalue weighted by Crippen LogP contribution is 2.46. The van der Waals surface area contributed by atoms with Gasteiger partial charge >= 0.3 is 0 Å². The van der Waals surface area contributed by atoms with Crippen LogP contribution in [0.5, 0.6) is 5.75 Å². The van der Waals surface area contributed by atoms with Gasteiger partial charge in [-0.3, -0.25) is 4.99 Å². The number of nitrogens with two attached hydrogens (primary N) is 1. The molecule has 3 rings (SSSR count). The van der Waals surface area contributed by atoms with E-state index >= 15 is 0 Å². The van der Waals surface area contributed by atoms with Gasteiger partial charge in [-0.1, -0.05) is 18.2 Å². The lowest BCUT2D eigenvalue weighted by Gasteiger charge is -2.40. The second-order valence-corrected chi connectivity index (χ2v) is 5.79. The average molecular weight is 273 g/mol. The number of benzene rings is 1. The standard InChI is InChI=1S/C16H23N3O/c1-2-18-15(17)19-13-11-16(9-5-6-10-16)20-14-8-4-3-7-12(13)14/h3-4,7-8,13H,2,5-6,9-11H2,1H3,(H3,17,18,19). The number of guanidine groups is 1. The van der Waals surface area contributed by atoms with Crippen molar-refractivity contribution in [2.24, 2.45) is 10.7 Å². The molecule has 1 heterocycles. The quantitative estimate of drug-likeness (QED) is 0.643. The molecule has 1 saturated carbocycles. The molecule has 0 aromatic heterocycles. The van der Waals surface area contributed by atoms with Gasteiger partial charge in [0.2, 0.25) is 0 Å². The fraction of sp³-hybridized carbons (Fsp3) is 0.562. The third-order valence-electron chi connectivity index (χ3n) is 4.36. The summed E-state index contributed by atoms with van der Waals surface area (Å²) in [6.45, 7) is 2.69. The first-order chi connectivity index (χ1) is 9.72. The van der Waals surface area contributed by atoms with E-state index in [0.29, 0.717) is 12.5 Å². The van der Waals surface area contributed by atoms with Crippen LogP contribution in [0.25, 0.3) is 0 Å². The number of nitrogens with zero attached hydrogens (tertiary/aromatic N) is 1. The second kappa shape index (κ2) is 5.35. The Morgan fingerprint density at radius 2 is 2.15 bits per heavy atom. The van der Waals surface area contributed by atoms with Gasteiger partial charge in [0, 0.05) is 18.5 Å². The fourth-order valence-electron chi connectivity index (χ4n) is 3.47. The molecule has 0 bridgehead atoms. The third-order valence-corrected chi connectivity index (χ3v) is 4.36. The van der Waals surface area contributed by atoms with Gasteiger partial charge in [0.15, 0.2) is 5.96 Å². The maximum Gasteiger partial charge on any atom is 0.189 e. The van der Waals surface area contributed by atoms with Crippen molar-refractivity contribution in [3.8, 4) is 5.75 Å². The molecule has 2 aliphatic rings. The van der Waals surface area contributed by atoms with E-state index in [1.165, 1.54) is 18.4 Å². The van der Waals surface area contributed by atoms with Crippen molar-refractivity contribution in [2.45, 2.75) is 50.7 Å². The van der Waals surface area contributed by atoms with Crippen molar-refractivity contribution in [1.82, 2.24) is 5.32 Å². The summed E-state index contributed by atoms with van der Waals surface area (Å²) >= 11 is 0. The smallest absolute Gasteiger partial charge is 0.189 e. The number of ether oxygens (including phenoxy) is 1. The van der Waals surface area contributed by atoms with Crippen LogP contribution in [0.3, 0.4) is 0 Å². The molecule has 0 amide bonds. The highest BCUT2D eigenvalue weighted by Gasteiger charge is 2.43. The van der Waals surface area contributed by atoms with Crippen LogP contribution in [0, 0.1) is 0 Å². The monoisotopic (exact) mass is 273 g/mol. The van der Waals surface area contributed by atoms with Gasteiger partial charge in [-0.2, -0.15) is 0 Å². The molecule has 108 valence electrons. The van der Waals surface area contributed by atoms with Crippen LogP contribution in [0.4, 0.5) is 0 Å². The van der Waals surface area contributed by atoms with Crippen LogP contribution >= 0.6 is 0 Å². The molecule has 1 unspecified atom stereocenters. The van der Waals surface area contributed by atoms with E-state index in [2.05, 4.69) is 28.5 Å². The number of para-hydroxylation sites is 1. The molecule has 1 aliphatic heterocycles. The molecule has 1 aromatic carbocycles. The Morgan fingerprint density at radius 3 is 2.90 bits per heavy atom. The van der Waals surface area contributed by atoms with Crippen molar-refractivity contribution in [2.75, 3.05) is 6.54 Å². The lowest BCUT2D eigenvalue weighted by atomic mass is 9.86. The van der Waals surface area contributed by atoms with E-state index in [-0.39, 0.29) is 11.6 Å². The first-order valence-electron chi connectivity index (χ1n) is 7.57. The van der Waals surface area contributed by atoms with Gasteiger partial charge in [0.1, 0.15) is 11.4 Å². The minimum atomic E-state index is -0.00147. The Balaban J connectivity index is 1.89. The van der Waals surface area contributed by atoms with Crippen LogP contribution in [-0.2, 0) is 0 Å². The zero-order chi connectivity index (χ0) is 14.0. The lowest BCUT2D eigenvalue weighted by molar-refractivity contribution is 0.0397. The summed E-state index contributed by atoms with van der Waals surface area (Å²) in [6.07, 6.45) is 5.78. The molecule has 1 aromatic rings. The largest absolute Gasteiger partial charge is 0.487 e. The number of rotatable bonds is 2. The van der Waals surface area contributed by atoms with E-state index in [0.717, 1.165) is 25.0 Å². The van der Waals surface area contributed by atoms with E-state index < -0.39 is 0 Å². The maximum absolute atomic E-state index is 6.33. The number of fused-ring (bicyclic) bond motifs is 1. The molecule has 0 saturated heterocycles. The normalized spacial score (nSPS) is 24.2. The van der Waals surface area contributed by atoms with Gasteiger partial charge in [-0.25, -0.2) is 0 Å². The fourth-order valence-corrected chi connectivity index (χ4v) is 3.47. The average Bonchev–Trinajstić information content (AvgIpc) is 2.87. The minimum absolute atomic E-state index is 0.00147. The Labute approximate surface area is 120 Å². The number of aliphatic imine (C=N–C) groups is 1. The minimum Gasteiger partial charge on any atom is -0.487 e. The third kappa shape index (κ3) is 2.47. The Bertz CT molecular complexity index is 506. The summed E-state index contributed by atoms with van der Waals surface area (Å²) in [7, 11) is 0. The molecule has 1 aliphatic carbocycles. The van der Waals surface area contributed by atoms with Crippen molar-refractivity contribution in [1.29, 1.82) is 0 Å². The zero-order valence-corrected chi connectivity index (χ0v) is 12.1. The van der Waals surface area contributed by atoms with Crippen LogP contribution < -0.4 is 15.8 Å². The predicted molar refractivity (Wildman–Crippen MR) is 80.9 cm³/mol. The molecule has 1 atom stereocenters. The van der Waals surface area contributed by atoms with E-state index in [4.69, 9.17) is 10.5 Å². The van der Waals surface area contributed by atoms with E-state index in [1.807, 2.05) is 13.0 Å². The zero-order valence-electron chi connectivity index (χ0n) is 12.1. The molecule has 4 nitrogen and oxygen atoms in total. The maximum atomic E-state index is 6.33. The van der Waals surface area contributed by atoms with Crippen molar-refractivity contribution in [3.05, 3.63) is 29.8 Å². The van der Waals surface area contributed by atoms with Crippen molar-refractivity contribution < 1.29 is 4.74 Å². The molecular weight excluding hydrogens is 250 g/mol. The van der Waals surface area contributed by atoms with E-state index in [9.17, 15) is 0 Å². The predicted octanol–water partition coefficient (Wildman–Crippen LogP) is 2.75. The summed E-state index contributed by atoms with van der Waals surface area (Å²) in [5, 5.41) is 3.37. The highest BCUT2D eigenvalue weighted by molar-refractivity contribution is 5.78. The highest BCUT2D eigenvalue weighted by atomic mass is 16.5. The Morgan fingerprint density at radius 1 is 1.40 bits per heavy atom. The SMILES string of the molecule is CCN=C(N)NC1CC2(CCCC2)Oc2ccccc21. The van der Waals surface area contributed by atoms with Gasteiger partial charge < -0.3 is 15.8 Å². The second-order valence-electron chi connectivity index (χ2n) is 5.79. The summed E-state index contributed by atoms with van der Waals surface area (Å²) < 4.78 is 6.33. The van der Waals surface area contributed by atoms with E-state index in [1.54, 1.807) is 0 Å². The molecule has 1 fully saturated rings. The number of hydrogen-bond donors (Lipinski definition) is 2. The Kier molecular flexibility index (Phi) is 3.55. The van der Waals surface area contributed by atoms with Crippen LogP contribution in [0.15, 0.2) is 29.3 Å². The molecule has 0 radical (unpaired) electrons. The summed E-state index contributed by atoms with van der Waals surface area (Å²) in [5.41, 5.74) is 7.15. The number of nitrogens with one attached hydrogen (secondary N) is 1. The van der Waals surface area contributed by atoms with Crippen molar-refractivity contribution in [3.63, 3.8) is 0 Å². The summed E-state index contributed by atoms with van der Waals surface area (Å²) in [4.78, 5) is 4.25. The van der Waals surface area contributed by atoms with Crippen LogP contribution in [-0.4, -0.2) is 18.1 Å². The van der Waals surface area contributed by atoms with Gasteiger partial charge in [-0.15, -0.1) is 0 Å². The number of hydrogen-bond acceptors (Lipinski definition) is 2. The van der Waals surface area contributed by atoms with Gasteiger partial charge in [0.25, 0.3) is 0 Å². The molecule has 3 N–H and O–H groups in total. The molecule has 4 heteroatoms. The van der Waals surface area contributed by atoms with Crippen molar-refractivity contribution >= 4 is 5.96 Å². The van der Waals surface area contributed by atoms with Crippen LogP contribution in [0.2, 0.25) is 0 Å². The molecular formula is C16H23N3O. The first-order valence-corrected chi connectivity index (χ1v) is 7.57. The lowest BCUT2D eigenvalue weighted by Crippen LogP contribution is -2.45. The topological polar surface area (TPSA) is 59.6 Å². The van der Waals surface area contributed by atoms with Crippen LogP contribution in [0.1, 0.15) is 50.6 Å². The van der Waals surface area contributed by atoms with Gasteiger partial charge in [0.05, 0.1) is 6.04 Å². The van der Waals surface area contributed by atoms with Gasteiger partial charge in [-0.05, 0) is 38.7 Å². The molecule has 20 heavy (non-hydrogen) atoms. The Hall–Kier alpha value is -1.71.